The van der Waals surface area contributed by atoms with Gasteiger partial charge in [-0.1, -0.05) is 128 Å². The number of fused-ring (bicyclic) bond motifs is 9. The van der Waals surface area contributed by atoms with Crippen LogP contribution in [0.1, 0.15) is 30.6 Å². The summed E-state index contributed by atoms with van der Waals surface area (Å²) in [6.45, 7) is 2.29. The van der Waals surface area contributed by atoms with Crippen LogP contribution in [-0.4, -0.2) is 10.4 Å². The zero-order valence-electron chi connectivity index (χ0n) is 26.6. The van der Waals surface area contributed by atoms with E-state index in [1.165, 1.54) is 60.0 Å². The van der Waals surface area contributed by atoms with Crippen LogP contribution in [0, 0.1) is 5.92 Å². The predicted molar refractivity (Wildman–Crippen MR) is 201 cm³/mol. The Bertz CT molecular complexity index is 2710. The Labute approximate surface area is 278 Å². The topological polar surface area (TPSA) is 30.4 Å². The summed E-state index contributed by atoms with van der Waals surface area (Å²) in [7, 11) is 0. The molecule has 0 radical (unpaired) electrons. The molecule has 0 aliphatic carbocycles. The Morgan fingerprint density at radius 1 is 0.583 bits per heavy atom. The summed E-state index contributed by atoms with van der Waals surface area (Å²) < 4.78 is 9.21. The van der Waals surface area contributed by atoms with Crippen LogP contribution >= 0.6 is 0 Å². The van der Waals surface area contributed by atoms with Gasteiger partial charge >= 0.3 is 0 Å². The molecule has 0 spiro atoms. The van der Waals surface area contributed by atoms with E-state index in [1.54, 1.807) is 0 Å². The highest BCUT2D eigenvalue weighted by molar-refractivity contribution is 6.26. The number of aromatic nitrogens is 1. The van der Waals surface area contributed by atoms with Crippen molar-refractivity contribution in [2.24, 2.45) is 10.9 Å². The number of hydrogen-bond donors (Lipinski definition) is 0. The summed E-state index contributed by atoms with van der Waals surface area (Å²) >= 11 is 0. The second-order valence-electron chi connectivity index (χ2n) is 13.0. The standard InChI is InChI=1S/C45H32N2O/c1-2-34-41(31-22-20-29(21-23-31)28-12-4-3-5-13-28)44-43(36-18-10-11-19-40(36)48-44)46-45(34)47-38-25-24-30-14-8-9-17-35(30)42(38)37-26-32-15-6-7-16-33(32)27-39(37)47/h3-27,34,41H,2H2,1H3/t34-,41?/m0/s1. The smallest absolute Gasteiger partial charge is 0.139 e. The molecule has 3 heteroatoms. The fourth-order valence-corrected chi connectivity index (χ4v) is 8.16. The molecule has 1 unspecified atom stereocenters. The molecule has 228 valence electrons. The lowest BCUT2D eigenvalue weighted by Gasteiger charge is -2.31. The molecular formula is C45H32N2O. The van der Waals surface area contributed by atoms with Crippen molar-refractivity contribution in [3.63, 3.8) is 0 Å². The molecule has 0 saturated carbocycles. The summed E-state index contributed by atoms with van der Waals surface area (Å²) in [5.74, 6) is 2.11. The molecule has 1 aliphatic heterocycles. The van der Waals surface area contributed by atoms with Gasteiger partial charge in [0.25, 0.3) is 0 Å². The van der Waals surface area contributed by atoms with Gasteiger partial charge in [-0.3, -0.25) is 4.57 Å². The Balaban J connectivity index is 1.28. The van der Waals surface area contributed by atoms with Crippen molar-refractivity contribution in [2.45, 2.75) is 19.3 Å². The fraction of sp³-hybridized carbons (Fsp3) is 0.0889. The van der Waals surface area contributed by atoms with Crippen LogP contribution in [0.2, 0.25) is 0 Å². The Morgan fingerprint density at radius 2 is 1.25 bits per heavy atom. The highest BCUT2D eigenvalue weighted by Crippen LogP contribution is 2.50. The molecule has 1 aliphatic rings. The van der Waals surface area contributed by atoms with Crippen LogP contribution in [0.4, 0.5) is 5.69 Å². The maximum Gasteiger partial charge on any atom is 0.139 e. The van der Waals surface area contributed by atoms with Gasteiger partial charge in [-0.2, -0.15) is 0 Å². The third kappa shape index (κ3) is 3.97. The van der Waals surface area contributed by atoms with Crippen molar-refractivity contribution in [1.29, 1.82) is 0 Å². The minimum absolute atomic E-state index is 0.00290. The van der Waals surface area contributed by atoms with Gasteiger partial charge in [0, 0.05) is 22.1 Å². The molecule has 0 bridgehead atoms. The van der Waals surface area contributed by atoms with E-state index in [9.17, 15) is 0 Å². The molecule has 0 saturated heterocycles. The average Bonchev–Trinajstić information content (AvgIpc) is 3.68. The maximum atomic E-state index is 6.74. The van der Waals surface area contributed by atoms with Gasteiger partial charge in [0.1, 0.15) is 22.9 Å². The van der Waals surface area contributed by atoms with E-state index < -0.39 is 0 Å². The third-order valence-electron chi connectivity index (χ3n) is 10.4. The summed E-state index contributed by atoms with van der Waals surface area (Å²) in [5, 5.41) is 8.57. The van der Waals surface area contributed by atoms with Gasteiger partial charge in [-0.15, -0.1) is 0 Å². The fourth-order valence-electron chi connectivity index (χ4n) is 8.16. The number of para-hydroxylation sites is 1. The summed E-state index contributed by atoms with van der Waals surface area (Å²) in [6.07, 6.45) is 0.906. The lowest BCUT2D eigenvalue weighted by molar-refractivity contribution is 0.454. The number of nitrogens with zero attached hydrogens (tertiary/aromatic N) is 2. The second kappa shape index (κ2) is 10.5. The number of rotatable bonds is 3. The second-order valence-corrected chi connectivity index (χ2v) is 13.0. The molecule has 3 nitrogen and oxygen atoms in total. The van der Waals surface area contributed by atoms with E-state index in [0.717, 1.165) is 34.7 Å². The van der Waals surface area contributed by atoms with Crippen LogP contribution in [0.3, 0.4) is 0 Å². The molecule has 0 fully saturated rings. The van der Waals surface area contributed by atoms with E-state index in [0.29, 0.717) is 0 Å². The summed E-state index contributed by atoms with van der Waals surface area (Å²) in [4.78, 5) is 5.62. The van der Waals surface area contributed by atoms with Gasteiger partial charge in [0.15, 0.2) is 0 Å². The van der Waals surface area contributed by atoms with Gasteiger partial charge in [-0.05, 0) is 75.0 Å². The normalized spacial score (nSPS) is 16.2. The molecule has 0 amide bonds. The molecule has 10 rings (SSSR count). The van der Waals surface area contributed by atoms with Crippen molar-refractivity contribution in [3.8, 4) is 11.1 Å². The quantitative estimate of drug-likeness (QED) is 0.194. The monoisotopic (exact) mass is 616 g/mol. The van der Waals surface area contributed by atoms with E-state index >= 15 is 0 Å². The summed E-state index contributed by atoms with van der Waals surface area (Å²) in [6, 6.07) is 54.8. The van der Waals surface area contributed by atoms with Crippen molar-refractivity contribution < 1.29 is 4.42 Å². The summed E-state index contributed by atoms with van der Waals surface area (Å²) in [5.41, 5.74) is 7.87. The Hall–Kier alpha value is -5.93. The highest BCUT2D eigenvalue weighted by atomic mass is 16.3. The first-order valence-corrected chi connectivity index (χ1v) is 16.9. The molecular weight excluding hydrogens is 585 g/mol. The minimum atomic E-state index is 0.00290. The van der Waals surface area contributed by atoms with Gasteiger partial charge < -0.3 is 4.42 Å². The first-order chi connectivity index (χ1) is 23.8. The molecule has 3 heterocycles. The largest absolute Gasteiger partial charge is 0.458 e. The molecule has 2 atom stereocenters. The number of furan rings is 1. The van der Waals surface area contributed by atoms with Gasteiger partial charge in [0.05, 0.1) is 17.0 Å². The van der Waals surface area contributed by atoms with Gasteiger partial charge in [0.2, 0.25) is 0 Å². The highest BCUT2D eigenvalue weighted by Gasteiger charge is 2.39. The Morgan fingerprint density at radius 3 is 2.04 bits per heavy atom. The van der Waals surface area contributed by atoms with Crippen LogP contribution in [0.25, 0.3) is 65.4 Å². The molecule has 9 aromatic rings. The van der Waals surface area contributed by atoms with Crippen LogP contribution in [0.5, 0.6) is 0 Å². The van der Waals surface area contributed by atoms with E-state index in [-0.39, 0.29) is 11.8 Å². The van der Waals surface area contributed by atoms with Crippen molar-refractivity contribution >= 4 is 65.8 Å². The third-order valence-corrected chi connectivity index (χ3v) is 10.4. The lowest BCUT2D eigenvalue weighted by Crippen LogP contribution is -2.30. The minimum Gasteiger partial charge on any atom is -0.458 e. The van der Waals surface area contributed by atoms with Crippen LogP contribution in [0.15, 0.2) is 161 Å². The molecule has 0 N–H and O–H groups in total. The average molecular weight is 617 g/mol. The predicted octanol–water partition coefficient (Wildman–Crippen LogP) is 12.3. The number of aliphatic imine (C=N–C) groups is 1. The first-order valence-electron chi connectivity index (χ1n) is 16.9. The van der Waals surface area contributed by atoms with E-state index in [2.05, 4.69) is 157 Å². The van der Waals surface area contributed by atoms with Crippen molar-refractivity contribution in [1.82, 2.24) is 4.57 Å². The number of hydrogen-bond acceptors (Lipinski definition) is 2. The number of benzene rings is 7. The molecule has 2 aromatic heterocycles. The van der Waals surface area contributed by atoms with E-state index in [1.807, 2.05) is 6.07 Å². The SMILES string of the molecule is CC[C@@H]1C(n2c3cc4ccccc4cc3c3c4ccccc4ccc32)=Nc2c(oc3ccccc23)C1c1ccc(-c2ccccc2)cc1. The van der Waals surface area contributed by atoms with Crippen LogP contribution in [-0.2, 0) is 0 Å². The van der Waals surface area contributed by atoms with E-state index in [4.69, 9.17) is 9.41 Å². The Kier molecular flexibility index (Phi) is 5.98. The zero-order chi connectivity index (χ0) is 31.8. The van der Waals surface area contributed by atoms with Crippen molar-refractivity contribution in [3.05, 3.63) is 163 Å². The maximum absolute atomic E-state index is 6.74. The van der Waals surface area contributed by atoms with Crippen molar-refractivity contribution in [2.75, 3.05) is 0 Å². The zero-order valence-corrected chi connectivity index (χ0v) is 26.6. The van der Waals surface area contributed by atoms with Gasteiger partial charge in [-0.25, -0.2) is 4.99 Å². The van der Waals surface area contributed by atoms with Crippen LogP contribution < -0.4 is 0 Å². The first kappa shape index (κ1) is 27.2. The molecule has 7 aromatic carbocycles. The lowest BCUT2D eigenvalue weighted by atomic mass is 9.79. The molecule has 48 heavy (non-hydrogen) atoms.